The molecule has 0 fully saturated rings. The van der Waals surface area contributed by atoms with Crippen molar-refractivity contribution in [2.45, 2.75) is 33.1 Å². The van der Waals surface area contributed by atoms with Crippen LogP contribution in [0, 0.1) is 5.92 Å². The van der Waals surface area contributed by atoms with Crippen molar-refractivity contribution < 1.29 is 4.79 Å². The number of aryl methyl sites for hydroxylation is 2. The molecule has 2 heteroatoms. The average molecular weight is 205 g/mol. The molecule has 0 saturated heterocycles. The van der Waals surface area contributed by atoms with Crippen molar-refractivity contribution in [1.29, 1.82) is 0 Å². The molecule has 1 aromatic rings. The molecule has 0 aromatic heterocycles. The molecular weight excluding hydrogens is 186 g/mol. The van der Waals surface area contributed by atoms with Gasteiger partial charge in [-0.3, -0.25) is 4.79 Å². The molecule has 0 radical (unpaired) electrons. The molecule has 0 bridgehead atoms. The zero-order valence-corrected chi connectivity index (χ0v) is 9.49. The molecule has 2 nitrogen and oxygen atoms in total. The monoisotopic (exact) mass is 205 g/mol. The molecule has 1 amide bonds. The molecule has 15 heavy (non-hydrogen) atoms. The van der Waals surface area contributed by atoms with Crippen molar-refractivity contribution >= 4 is 5.91 Å². The van der Waals surface area contributed by atoms with E-state index in [9.17, 15) is 4.79 Å². The SMILES string of the molecule is CCc1cccc(CC[C@H](C)C(N)=O)c1. The average Bonchev–Trinajstić information content (AvgIpc) is 2.26. The van der Waals surface area contributed by atoms with Crippen LogP contribution in [0.3, 0.4) is 0 Å². The minimum absolute atomic E-state index is 0.0321. The second kappa shape index (κ2) is 5.54. The van der Waals surface area contributed by atoms with E-state index in [1.54, 1.807) is 0 Å². The highest BCUT2D eigenvalue weighted by Gasteiger charge is 2.08. The number of primary amides is 1. The van der Waals surface area contributed by atoms with E-state index in [0.717, 1.165) is 19.3 Å². The van der Waals surface area contributed by atoms with Gasteiger partial charge in [-0.25, -0.2) is 0 Å². The molecule has 1 atom stereocenters. The van der Waals surface area contributed by atoms with E-state index in [2.05, 4.69) is 31.2 Å². The normalized spacial score (nSPS) is 12.4. The van der Waals surface area contributed by atoms with Gasteiger partial charge in [-0.2, -0.15) is 0 Å². The van der Waals surface area contributed by atoms with E-state index in [-0.39, 0.29) is 11.8 Å². The maximum absolute atomic E-state index is 10.9. The number of carbonyl (C=O) groups is 1. The summed E-state index contributed by atoms with van der Waals surface area (Å²) in [5, 5.41) is 0. The van der Waals surface area contributed by atoms with Gasteiger partial charge in [0, 0.05) is 5.92 Å². The van der Waals surface area contributed by atoms with Crippen molar-refractivity contribution in [3.05, 3.63) is 35.4 Å². The Morgan fingerprint density at radius 2 is 2.07 bits per heavy atom. The minimum Gasteiger partial charge on any atom is -0.369 e. The highest BCUT2D eigenvalue weighted by molar-refractivity contribution is 5.76. The van der Waals surface area contributed by atoms with Gasteiger partial charge < -0.3 is 5.73 Å². The van der Waals surface area contributed by atoms with Crippen LogP contribution in [0.15, 0.2) is 24.3 Å². The molecule has 0 aliphatic rings. The van der Waals surface area contributed by atoms with Crippen molar-refractivity contribution in [2.24, 2.45) is 11.7 Å². The fraction of sp³-hybridized carbons (Fsp3) is 0.462. The van der Waals surface area contributed by atoms with Crippen LogP contribution in [0.4, 0.5) is 0 Å². The number of benzene rings is 1. The molecule has 0 aliphatic heterocycles. The van der Waals surface area contributed by atoms with Gasteiger partial charge in [-0.05, 0) is 30.4 Å². The standard InChI is InChI=1S/C13H19NO/c1-3-11-5-4-6-12(9-11)8-7-10(2)13(14)15/h4-6,9-10H,3,7-8H2,1-2H3,(H2,14,15)/t10-/m0/s1. The number of hydrogen-bond acceptors (Lipinski definition) is 1. The van der Waals surface area contributed by atoms with Crippen molar-refractivity contribution in [3.63, 3.8) is 0 Å². The first-order chi connectivity index (χ1) is 7.13. The summed E-state index contributed by atoms with van der Waals surface area (Å²) >= 11 is 0. The first-order valence-corrected chi connectivity index (χ1v) is 5.50. The fourth-order valence-corrected chi connectivity index (χ4v) is 1.53. The molecule has 1 rings (SSSR count). The zero-order valence-electron chi connectivity index (χ0n) is 9.49. The maximum Gasteiger partial charge on any atom is 0.220 e. The van der Waals surface area contributed by atoms with E-state index >= 15 is 0 Å². The zero-order chi connectivity index (χ0) is 11.3. The first-order valence-electron chi connectivity index (χ1n) is 5.50. The van der Waals surface area contributed by atoms with Crippen molar-refractivity contribution in [1.82, 2.24) is 0 Å². The predicted molar refractivity (Wildman–Crippen MR) is 62.5 cm³/mol. The number of rotatable bonds is 5. The smallest absolute Gasteiger partial charge is 0.220 e. The summed E-state index contributed by atoms with van der Waals surface area (Å²) in [5.41, 5.74) is 7.86. The van der Waals surface area contributed by atoms with Gasteiger partial charge in [0.25, 0.3) is 0 Å². The molecule has 2 N–H and O–H groups in total. The Labute approximate surface area is 91.5 Å². The third-order valence-electron chi connectivity index (χ3n) is 2.75. The van der Waals surface area contributed by atoms with Crippen molar-refractivity contribution in [2.75, 3.05) is 0 Å². The molecule has 0 unspecified atom stereocenters. The van der Waals surface area contributed by atoms with Gasteiger partial charge in [0.2, 0.25) is 5.91 Å². The van der Waals surface area contributed by atoms with E-state index < -0.39 is 0 Å². The summed E-state index contributed by atoms with van der Waals surface area (Å²) in [4.78, 5) is 10.9. The molecule has 82 valence electrons. The number of nitrogens with two attached hydrogens (primary N) is 1. The van der Waals surface area contributed by atoms with E-state index in [1.165, 1.54) is 11.1 Å². The summed E-state index contributed by atoms with van der Waals surface area (Å²) in [7, 11) is 0. The van der Waals surface area contributed by atoms with Gasteiger partial charge in [0.05, 0.1) is 0 Å². The Morgan fingerprint density at radius 3 is 2.67 bits per heavy atom. The lowest BCUT2D eigenvalue weighted by molar-refractivity contribution is -0.121. The highest BCUT2D eigenvalue weighted by atomic mass is 16.1. The lowest BCUT2D eigenvalue weighted by Crippen LogP contribution is -2.20. The lowest BCUT2D eigenvalue weighted by Gasteiger charge is -2.07. The van der Waals surface area contributed by atoms with Crippen LogP contribution < -0.4 is 5.73 Å². The molecule has 0 saturated carbocycles. The summed E-state index contributed by atoms with van der Waals surface area (Å²) < 4.78 is 0. The minimum atomic E-state index is -0.207. The van der Waals surface area contributed by atoms with Gasteiger partial charge in [0.1, 0.15) is 0 Å². The number of carbonyl (C=O) groups excluding carboxylic acids is 1. The summed E-state index contributed by atoms with van der Waals surface area (Å²) in [6, 6.07) is 8.50. The molecule has 0 heterocycles. The van der Waals surface area contributed by atoms with Gasteiger partial charge in [0.15, 0.2) is 0 Å². The van der Waals surface area contributed by atoms with E-state index in [4.69, 9.17) is 5.73 Å². The van der Waals surface area contributed by atoms with Crippen LogP contribution in [-0.4, -0.2) is 5.91 Å². The van der Waals surface area contributed by atoms with Gasteiger partial charge in [-0.1, -0.05) is 38.1 Å². The number of amides is 1. The molecular formula is C13H19NO. The Hall–Kier alpha value is -1.31. The van der Waals surface area contributed by atoms with Crippen LogP contribution in [0.1, 0.15) is 31.4 Å². The molecule has 1 aromatic carbocycles. The molecule has 0 spiro atoms. The predicted octanol–water partition coefficient (Wildman–Crippen LogP) is 2.30. The second-order valence-corrected chi connectivity index (χ2v) is 4.02. The Kier molecular flexibility index (Phi) is 4.35. The summed E-state index contributed by atoms with van der Waals surface area (Å²) in [6.45, 7) is 4.02. The summed E-state index contributed by atoms with van der Waals surface area (Å²) in [6.07, 6.45) is 2.82. The Bertz CT molecular complexity index is 333. The van der Waals surface area contributed by atoms with Crippen molar-refractivity contribution in [3.8, 4) is 0 Å². The topological polar surface area (TPSA) is 43.1 Å². The Balaban J connectivity index is 2.53. The lowest BCUT2D eigenvalue weighted by atomic mass is 9.99. The van der Waals surface area contributed by atoms with Gasteiger partial charge >= 0.3 is 0 Å². The maximum atomic E-state index is 10.9. The van der Waals surface area contributed by atoms with Crippen LogP contribution in [0.5, 0.6) is 0 Å². The molecule has 0 aliphatic carbocycles. The van der Waals surface area contributed by atoms with Gasteiger partial charge in [-0.15, -0.1) is 0 Å². The van der Waals surface area contributed by atoms with E-state index in [1.807, 2.05) is 6.92 Å². The first kappa shape index (κ1) is 11.8. The second-order valence-electron chi connectivity index (χ2n) is 4.02. The highest BCUT2D eigenvalue weighted by Crippen LogP contribution is 2.11. The number of hydrogen-bond donors (Lipinski definition) is 1. The third-order valence-corrected chi connectivity index (χ3v) is 2.75. The summed E-state index contributed by atoms with van der Waals surface area (Å²) in [5.74, 6) is -0.239. The third kappa shape index (κ3) is 3.74. The van der Waals surface area contributed by atoms with Crippen LogP contribution in [-0.2, 0) is 17.6 Å². The Morgan fingerprint density at radius 1 is 1.40 bits per heavy atom. The largest absolute Gasteiger partial charge is 0.369 e. The quantitative estimate of drug-likeness (QED) is 0.787. The van der Waals surface area contributed by atoms with Crippen LogP contribution in [0.2, 0.25) is 0 Å². The van der Waals surface area contributed by atoms with Crippen LogP contribution >= 0.6 is 0 Å². The van der Waals surface area contributed by atoms with E-state index in [0.29, 0.717) is 0 Å². The van der Waals surface area contributed by atoms with Crippen LogP contribution in [0.25, 0.3) is 0 Å². The fourth-order valence-electron chi connectivity index (χ4n) is 1.53.